The number of carbonyl (C=O) groups is 1. The summed E-state index contributed by atoms with van der Waals surface area (Å²) in [5.74, 6) is 0.828. The fourth-order valence-electron chi connectivity index (χ4n) is 3.51. The van der Waals surface area contributed by atoms with E-state index in [1.165, 1.54) is 25.6 Å². The number of fused-ring (bicyclic) bond motifs is 1. The first-order chi connectivity index (χ1) is 13.9. The number of aromatic nitrogens is 2. The van der Waals surface area contributed by atoms with Crippen molar-refractivity contribution in [3.8, 4) is 21.9 Å². The summed E-state index contributed by atoms with van der Waals surface area (Å²) in [6.45, 7) is 0.435. The van der Waals surface area contributed by atoms with Crippen molar-refractivity contribution in [3.05, 3.63) is 44.1 Å². The molecule has 10 heteroatoms. The smallest absolute Gasteiger partial charge is 0.329 e. The molecule has 4 rings (SSSR count). The van der Waals surface area contributed by atoms with Crippen molar-refractivity contribution in [1.82, 2.24) is 14.9 Å². The standard InChI is InChI=1S/C19H18ClN3O5S/c1-27-13-6-10(11(20)7-14(13)28-2)15-8-12-17(29-15)18(25)23(19(26)22-12)9-3-4-21-16(24)5-9/h6-9H,3-5H2,1-2H3,(H,21,24)(H,22,26)/t9-/m0/s1. The second-order valence-electron chi connectivity index (χ2n) is 6.64. The summed E-state index contributed by atoms with van der Waals surface area (Å²) in [7, 11) is 3.04. The lowest BCUT2D eigenvalue weighted by molar-refractivity contribution is -0.123. The van der Waals surface area contributed by atoms with Gasteiger partial charge < -0.3 is 19.8 Å². The number of nitrogens with zero attached hydrogens (tertiary/aromatic N) is 1. The van der Waals surface area contributed by atoms with E-state index in [1.807, 2.05) is 0 Å². The molecule has 152 valence electrons. The number of thiophene rings is 1. The molecule has 8 nitrogen and oxygen atoms in total. The van der Waals surface area contributed by atoms with E-state index in [4.69, 9.17) is 21.1 Å². The van der Waals surface area contributed by atoms with Crippen LogP contribution in [0.4, 0.5) is 0 Å². The van der Waals surface area contributed by atoms with Gasteiger partial charge in [-0.25, -0.2) is 4.79 Å². The number of ether oxygens (including phenoxy) is 2. The predicted molar refractivity (Wildman–Crippen MR) is 112 cm³/mol. The third-order valence-electron chi connectivity index (χ3n) is 4.93. The van der Waals surface area contributed by atoms with E-state index in [0.717, 1.165) is 4.57 Å². The van der Waals surface area contributed by atoms with E-state index in [1.54, 1.807) is 18.2 Å². The monoisotopic (exact) mass is 435 g/mol. The minimum absolute atomic E-state index is 0.105. The number of nitrogens with one attached hydrogen (secondary N) is 2. The maximum atomic E-state index is 13.1. The van der Waals surface area contributed by atoms with E-state index < -0.39 is 17.3 Å². The maximum absolute atomic E-state index is 13.1. The van der Waals surface area contributed by atoms with Crippen LogP contribution < -0.4 is 26.0 Å². The van der Waals surface area contributed by atoms with Gasteiger partial charge in [-0.3, -0.25) is 14.2 Å². The second kappa shape index (κ2) is 7.57. The lowest BCUT2D eigenvalue weighted by atomic mass is 10.1. The van der Waals surface area contributed by atoms with Gasteiger partial charge in [0.15, 0.2) is 11.5 Å². The molecule has 3 aromatic rings. The summed E-state index contributed by atoms with van der Waals surface area (Å²) in [4.78, 5) is 40.8. The van der Waals surface area contributed by atoms with Crippen molar-refractivity contribution >= 4 is 39.1 Å². The molecule has 1 aromatic carbocycles. The van der Waals surface area contributed by atoms with E-state index in [0.29, 0.717) is 50.1 Å². The van der Waals surface area contributed by atoms with Crippen molar-refractivity contribution < 1.29 is 14.3 Å². The highest BCUT2D eigenvalue weighted by molar-refractivity contribution is 7.22. The van der Waals surface area contributed by atoms with E-state index in [9.17, 15) is 14.4 Å². The van der Waals surface area contributed by atoms with Crippen LogP contribution in [0.2, 0.25) is 5.02 Å². The van der Waals surface area contributed by atoms with Crippen LogP contribution in [0, 0.1) is 0 Å². The van der Waals surface area contributed by atoms with Crippen LogP contribution in [-0.2, 0) is 4.79 Å². The topological polar surface area (TPSA) is 102 Å². The molecule has 1 aliphatic heterocycles. The normalized spacial score (nSPS) is 16.7. The highest BCUT2D eigenvalue weighted by atomic mass is 35.5. The van der Waals surface area contributed by atoms with Crippen LogP contribution in [0.3, 0.4) is 0 Å². The average molecular weight is 436 g/mol. The number of benzene rings is 1. The molecule has 1 aliphatic rings. The molecule has 0 saturated carbocycles. The van der Waals surface area contributed by atoms with Gasteiger partial charge in [-0.1, -0.05) is 11.6 Å². The second-order valence-corrected chi connectivity index (χ2v) is 8.10. The quantitative estimate of drug-likeness (QED) is 0.655. The zero-order valence-corrected chi connectivity index (χ0v) is 17.3. The number of methoxy groups -OCH3 is 2. The molecule has 29 heavy (non-hydrogen) atoms. The number of hydrogen-bond donors (Lipinski definition) is 2. The first kappa shape index (κ1) is 19.5. The number of rotatable bonds is 4. The molecular formula is C19H18ClN3O5S. The van der Waals surface area contributed by atoms with Crippen molar-refractivity contribution in [2.24, 2.45) is 0 Å². The SMILES string of the molecule is COc1cc(Cl)c(-c2cc3[nH]c(=O)n([C@H]4CCNC(=O)C4)c(=O)c3s2)cc1OC. The number of amides is 1. The van der Waals surface area contributed by atoms with Crippen LogP contribution in [0.1, 0.15) is 18.9 Å². The van der Waals surface area contributed by atoms with Gasteiger partial charge in [0.05, 0.1) is 30.8 Å². The Labute approximate surface area is 174 Å². The Hall–Kier alpha value is -2.78. The molecule has 2 N–H and O–H groups in total. The number of hydrogen-bond acceptors (Lipinski definition) is 6. The Morgan fingerprint density at radius 3 is 2.55 bits per heavy atom. The Morgan fingerprint density at radius 1 is 1.14 bits per heavy atom. The minimum atomic E-state index is -0.523. The minimum Gasteiger partial charge on any atom is -0.493 e. The van der Waals surface area contributed by atoms with Crippen molar-refractivity contribution in [3.63, 3.8) is 0 Å². The summed E-state index contributed by atoms with van der Waals surface area (Å²) < 4.78 is 12.1. The van der Waals surface area contributed by atoms with Gasteiger partial charge in [0.1, 0.15) is 4.70 Å². The van der Waals surface area contributed by atoms with Gasteiger partial charge in [0, 0.05) is 29.5 Å². The fourth-order valence-corrected chi connectivity index (χ4v) is 4.91. The zero-order valence-electron chi connectivity index (χ0n) is 15.7. The Morgan fingerprint density at radius 2 is 1.86 bits per heavy atom. The zero-order chi connectivity index (χ0) is 20.7. The van der Waals surface area contributed by atoms with Crippen LogP contribution in [0.5, 0.6) is 11.5 Å². The lowest BCUT2D eigenvalue weighted by Gasteiger charge is -2.23. The highest BCUT2D eigenvalue weighted by Gasteiger charge is 2.25. The molecule has 1 saturated heterocycles. The summed E-state index contributed by atoms with van der Waals surface area (Å²) in [6.07, 6.45) is 0.633. The van der Waals surface area contributed by atoms with Gasteiger partial charge in [0.2, 0.25) is 5.91 Å². The van der Waals surface area contributed by atoms with Gasteiger partial charge in [0.25, 0.3) is 5.56 Å². The van der Waals surface area contributed by atoms with Crippen molar-refractivity contribution in [2.75, 3.05) is 20.8 Å². The Bertz CT molecular complexity index is 1230. The van der Waals surface area contributed by atoms with E-state index in [-0.39, 0.29) is 12.3 Å². The fraction of sp³-hybridized carbons (Fsp3) is 0.316. The molecule has 1 amide bonds. The van der Waals surface area contributed by atoms with Crippen LogP contribution in [0.15, 0.2) is 27.8 Å². The molecule has 3 heterocycles. The van der Waals surface area contributed by atoms with Crippen molar-refractivity contribution in [1.29, 1.82) is 0 Å². The third kappa shape index (κ3) is 3.40. The van der Waals surface area contributed by atoms with E-state index in [2.05, 4.69) is 10.3 Å². The van der Waals surface area contributed by atoms with Gasteiger partial charge in [-0.05, 0) is 18.6 Å². The predicted octanol–water partition coefficient (Wildman–Crippen LogP) is 2.54. The molecule has 0 unspecified atom stereocenters. The van der Waals surface area contributed by atoms with Gasteiger partial charge in [-0.15, -0.1) is 11.3 Å². The number of halogens is 1. The molecule has 1 atom stereocenters. The number of aromatic amines is 1. The van der Waals surface area contributed by atoms with E-state index >= 15 is 0 Å². The highest BCUT2D eigenvalue weighted by Crippen LogP contribution is 2.41. The van der Waals surface area contributed by atoms with Crippen LogP contribution >= 0.6 is 22.9 Å². The molecule has 0 bridgehead atoms. The molecular weight excluding hydrogens is 418 g/mol. The number of carbonyl (C=O) groups excluding carboxylic acids is 1. The summed E-state index contributed by atoms with van der Waals surface area (Å²) in [6, 6.07) is 4.63. The molecule has 2 aromatic heterocycles. The summed E-state index contributed by atoms with van der Waals surface area (Å²) in [5, 5.41) is 3.14. The number of piperidine rings is 1. The Kier molecular flexibility index (Phi) is 5.10. The molecule has 0 aliphatic carbocycles. The van der Waals surface area contributed by atoms with Gasteiger partial charge >= 0.3 is 5.69 Å². The number of H-pyrrole nitrogens is 1. The third-order valence-corrected chi connectivity index (χ3v) is 6.40. The lowest BCUT2D eigenvalue weighted by Crippen LogP contribution is -2.43. The first-order valence-corrected chi connectivity index (χ1v) is 10.1. The molecule has 0 radical (unpaired) electrons. The first-order valence-electron chi connectivity index (χ1n) is 8.90. The molecule has 1 fully saturated rings. The van der Waals surface area contributed by atoms with Crippen LogP contribution in [-0.4, -0.2) is 36.2 Å². The maximum Gasteiger partial charge on any atom is 0.329 e. The average Bonchev–Trinajstić information content (AvgIpc) is 3.11. The van der Waals surface area contributed by atoms with Crippen molar-refractivity contribution in [2.45, 2.75) is 18.9 Å². The molecule has 0 spiro atoms. The Balaban J connectivity index is 1.86. The largest absolute Gasteiger partial charge is 0.493 e. The van der Waals surface area contributed by atoms with Gasteiger partial charge in [-0.2, -0.15) is 0 Å². The summed E-state index contributed by atoms with van der Waals surface area (Å²) >= 11 is 7.64. The van der Waals surface area contributed by atoms with Crippen LogP contribution in [0.25, 0.3) is 20.7 Å². The summed E-state index contributed by atoms with van der Waals surface area (Å²) in [5.41, 5.74) is 0.165.